The molecule has 0 aliphatic carbocycles. The minimum atomic E-state index is -5.05. The molecule has 0 amide bonds. The number of azide groups is 2. The predicted molar refractivity (Wildman–Crippen MR) is 136 cm³/mol. The molecule has 3 aliphatic rings. The minimum absolute atomic E-state index is 0.110. The monoisotopic (exact) mass is 608 g/mol. The zero-order chi connectivity index (χ0) is 30.5. The molecule has 41 heavy (non-hydrogen) atoms. The number of methoxy groups -OCH3 is 1. The summed E-state index contributed by atoms with van der Waals surface area (Å²) in [5, 5.41) is 7.53. The molecule has 0 aromatic heterocycles. The fourth-order valence-corrected chi connectivity index (χ4v) is 6.11. The fourth-order valence-electron chi connectivity index (χ4n) is 5.56. The topological polar surface area (TPSA) is 243 Å². The summed E-state index contributed by atoms with van der Waals surface area (Å²) in [6, 6.07) is -1.49. The lowest BCUT2D eigenvalue weighted by atomic mass is 9.86. The second kappa shape index (κ2) is 14.3. The molecule has 3 fully saturated rings. The number of ether oxygens (including phenoxy) is 7. The van der Waals surface area contributed by atoms with Crippen LogP contribution in [-0.4, -0.2) is 100 Å². The summed E-state index contributed by atoms with van der Waals surface area (Å²) >= 11 is 0. The van der Waals surface area contributed by atoms with Gasteiger partial charge in [-0.05, 0) is 44.2 Å². The van der Waals surface area contributed by atoms with Crippen molar-refractivity contribution in [3.63, 3.8) is 0 Å². The first kappa shape index (κ1) is 33.2. The summed E-state index contributed by atoms with van der Waals surface area (Å²) in [6.07, 6.45) is -9.38. The smallest absolute Gasteiger partial charge is 0.397 e. The van der Waals surface area contributed by atoms with E-state index >= 15 is 0 Å². The van der Waals surface area contributed by atoms with Gasteiger partial charge in [0.15, 0.2) is 12.6 Å². The number of hydrogen-bond acceptors (Lipinski definition) is 13. The molecule has 18 nitrogen and oxygen atoms in total. The Kier molecular flexibility index (Phi) is 11.6. The van der Waals surface area contributed by atoms with Gasteiger partial charge < -0.3 is 33.2 Å². The highest BCUT2D eigenvalue weighted by molar-refractivity contribution is 7.80. The van der Waals surface area contributed by atoms with Crippen LogP contribution in [0.2, 0.25) is 0 Å². The van der Waals surface area contributed by atoms with Gasteiger partial charge >= 0.3 is 10.4 Å². The molecule has 0 aromatic carbocycles. The lowest BCUT2D eigenvalue weighted by molar-refractivity contribution is -0.370. The van der Waals surface area contributed by atoms with Crippen LogP contribution >= 0.6 is 0 Å². The molecule has 3 heterocycles. The Bertz CT molecular complexity index is 1100. The maximum atomic E-state index is 11.9. The average molecular weight is 609 g/mol. The first-order valence-electron chi connectivity index (χ1n) is 13.0. The molecule has 0 aromatic rings. The summed E-state index contributed by atoms with van der Waals surface area (Å²) < 4.78 is 78.6. The van der Waals surface area contributed by atoms with Crippen molar-refractivity contribution in [2.75, 3.05) is 7.11 Å². The lowest BCUT2D eigenvalue weighted by Gasteiger charge is -2.48. The van der Waals surface area contributed by atoms with Crippen LogP contribution < -0.4 is 0 Å². The van der Waals surface area contributed by atoms with Gasteiger partial charge in [-0.15, -0.1) is 0 Å². The van der Waals surface area contributed by atoms with Gasteiger partial charge in [-0.3, -0.25) is 9.35 Å². The third kappa shape index (κ3) is 7.97. The number of hydrogen-bond donors (Lipinski definition) is 1. The van der Waals surface area contributed by atoms with E-state index in [4.69, 9.17) is 48.4 Å². The van der Waals surface area contributed by atoms with Crippen molar-refractivity contribution >= 4 is 16.9 Å². The molecular weight excluding hydrogens is 572 g/mol. The van der Waals surface area contributed by atoms with Crippen LogP contribution in [0.15, 0.2) is 10.2 Å². The minimum Gasteiger partial charge on any atom is -0.435 e. The second-order valence-corrected chi connectivity index (χ2v) is 11.3. The van der Waals surface area contributed by atoms with Gasteiger partial charge in [0.1, 0.15) is 12.2 Å². The molecule has 0 radical (unpaired) electrons. The molecule has 3 aliphatic heterocycles. The molecule has 19 heteroatoms. The Labute approximate surface area is 237 Å². The van der Waals surface area contributed by atoms with E-state index in [9.17, 15) is 17.8 Å². The van der Waals surface area contributed by atoms with Crippen LogP contribution in [0.25, 0.3) is 20.9 Å². The molecule has 232 valence electrons. The number of carbonyl (C=O) groups excluding carboxylic acids is 1. The summed E-state index contributed by atoms with van der Waals surface area (Å²) in [6.45, 7) is 8.56. The largest absolute Gasteiger partial charge is 0.435 e. The van der Waals surface area contributed by atoms with E-state index in [0.29, 0.717) is 0 Å². The summed E-state index contributed by atoms with van der Waals surface area (Å²) in [4.78, 5) is 17.2. The first-order valence-corrected chi connectivity index (χ1v) is 14.3. The van der Waals surface area contributed by atoms with Crippen LogP contribution in [0.3, 0.4) is 0 Å². The van der Waals surface area contributed by atoms with Crippen LogP contribution in [0.5, 0.6) is 0 Å². The SMILES string of the molecule is CO[C@H]1CC(N=[N+]=[N-])[C@@H](O[C@@H]2C(OC=O)O[C@@H](O[C@@H]3C(C)O[C@H](C)C(N=[N+]=[N-])[C@H]3C)C(OS(=O)(=O)O)[C@H]2C)OC1C. The molecule has 6 unspecified atom stereocenters. The van der Waals surface area contributed by atoms with Crippen molar-refractivity contribution in [1.82, 2.24) is 0 Å². The van der Waals surface area contributed by atoms with Crippen molar-refractivity contribution in [2.45, 2.75) is 115 Å². The molecule has 1 N–H and O–H groups in total. The standard InChI is InChI=1S/C22H36N6O12S/c1-9-16(26-28-24)12(4)35-13(5)17(9)37-22-19(40-41(30,31)32)10(2)18(21(39-22)34-8-29)38-20-14(25-27-23)7-15(33-6)11(3)36-20/h8-22H,7H2,1-6H3,(H,30,31,32)/t9-,10+,11?,12-,13?,14?,15+,16?,17+,18+,19?,20-,21?,22-/m1/s1. The molecule has 14 atom stereocenters. The summed E-state index contributed by atoms with van der Waals surface area (Å²) in [5.41, 5.74) is 18.1. The van der Waals surface area contributed by atoms with Crippen LogP contribution in [-0.2, 0) is 52.5 Å². The third-order valence-electron chi connectivity index (χ3n) is 7.62. The molecule has 0 spiro atoms. The molecule has 0 bridgehead atoms. The highest BCUT2D eigenvalue weighted by Crippen LogP contribution is 2.38. The second-order valence-electron chi connectivity index (χ2n) is 10.2. The fraction of sp³-hybridized carbons (Fsp3) is 0.955. The highest BCUT2D eigenvalue weighted by atomic mass is 32.3. The Morgan fingerprint density at radius 1 is 0.854 bits per heavy atom. The third-order valence-corrected chi connectivity index (χ3v) is 8.09. The Morgan fingerprint density at radius 3 is 2.10 bits per heavy atom. The van der Waals surface area contributed by atoms with E-state index < -0.39 is 95.9 Å². The average Bonchev–Trinajstić information content (AvgIpc) is 2.89. The van der Waals surface area contributed by atoms with E-state index in [1.165, 1.54) is 14.0 Å². The van der Waals surface area contributed by atoms with Gasteiger partial charge in [0.25, 0.3) is 6.47 Å². The van der Waals surface area contributed by atoms with Crippen LogP contribution in [0.1, 0.15) is 41.0 Å². The zero-order valence-electron chi connectivity index (χ0n) is 23.4. The highest BCUT2D eigenvalue weighted by Gasteiger charge is 2.53. The quantitative estimate of drug-likeness (QED) is 0.117. The summed E-state index contributed by atoms with van der Waals surface area (Å²) in [7, 11) is -3.57. The molecule has 3 saturated heterocycles. The number of carbonyl (C=O) groups is 1. The summed E-state index contributed by atoms with van der Waals surface area (Å²) in [5.74, 6) is -1.42. The van der Waals surface area contributed by atoms with E-state index in [2.05, 4.69) is 20.1 Å². The van der Waals surface area contributed by atoms with Gasteiger partial charge in [0, 0.05) is 22.9 Å². The molecular formula is C22H36N6O12S. The van der Waals surface area contributed by atoms with Gasteiger partial charge in [-0.1, -0.05) is 24.1 Å². The van der Waals surface area contributed by atoms with Crippen molar-refractivity contribution in [1.29, 1.82) is 0 Å². The van der Waals surface area contributed by atoms with Crippen molar-refractivity contribution in [2.24, 2.45) is 22.1 Å². The van der Waals surface area contributed by atoms with Crippen LogP contribution in [0, 0.1) is 11.8 Å². The molecule has 0 saturated carbocycles. The zero-order valence-corrected chi connectivity index (χ0v) is 24.2. The van der Waals surface area contributed by atoms with Gasteiger partial charge in [-0.2, -0.15) is 8.42 Å². The predicted octanol–water partition coefficient (Wildman–Crippen LogP) is 2.39. The van der Waals surface area contributed by atoms with E-state index in [0.717, 1.165) is 0 Å². The number of rotatable bonds is 11. The van der Waals surface area contributed by atoms with Gasteiger partial charge in [-0.25, -0.2) is 4.18 Å². The van der Waals surface area contributed by atoms with Crippen molar-refractivity contribution in [3.05, 3.63) is 20.9 Å². The Morgan fingerprint density at radius 2 is 1.51 bits per heavy atom. The maximum Gasteiger partial charge on any atom is 0.397 e. The normalized spacial score (nSPS) is 43.3. The van der Waals surface area contributed by atoms with Gasteiger partial charge in [0.2, 0.25) is 6.29 Å². The Balaban J connectivity index is 1.92. The van der Waals surface area contributed by atoms with Crippen molar-refractivity contribution in [3.8, 4) is 0 Å². The van der Waals surface area contributed by atoms with Gasteiger partial charge in [0.05, 0.1) is 42.6 Å². The lowest BCUT2D eigenvalue weighted by Crippen LogP contribution is -2.61. The van der Waals surface area contributed by atoms with Crippen LogP contribution in [0.4, 0.5) is 0 Å². The van der Waals surface area contributed by atoms with E-state index in [1.807, 2.05) is 0 Å². The number of nitrogens with zero attached hydrogens (tertiary/aromatic N) is 6. The molecule has 3 rings (SSSR count). The van der Waals surface area contributed by atoms with Crippen molar-refractivity contribution < 1.29 is 55.1 Å². The Hall–Kier alpha value is -2.28. The first-order chi connectivity index (χ1) is 19.3. The van der Waals surface area contributed by atoms with E-state index in [1.54, 1.807) is 27.7 Å². The maximum absolute atomic E-state index is 11.9. The van der Waals surface area contributed by atoms with E-state index in [-0.39, 0.29) is 12.9 Å².